The van der Waals surface area contributed by atoms with Gasteiger partial charge in [0.25, 0.3) is 0 Å². The van der Waals surface area contributed by atoms with Gasteiger partial charge < -0.3 is 10.2 Å². The van der Waals surface area contributed by atoms with E-state index >= 15 is 0 Å². The van der Waals surface area contributed by atoms with Gasteiger partial charge in [-0.25, -0.2) is 0 Å². The van der Waals surface area contributed by atoms with E-state index in [4.69, 9.17) is 16.6 Å². The molecule has 0 spiro atoms. The van der Waals surface area contributed by atoms with Crippen LogP contribution in [0.3, 0.4) is 0 Å². The van der Waals surface area contributed by atoms with Crippen LogP contribution in [0.4, 0.5) is 0 Å². The van der Waals surface area contributed by atoms with Crippen molar-refractivity contribution >= 4 is 17.3 Å². The van der Waals surface area contributed by atoms with Crippen molar-refractivity contribution in [3.8, 4) is 0 Å². The number of aromatic nitrogens is 1. The van der Waals surface area contributed by atoms with Crippen LogP contribution >= 0.6 is 11.6 Å². The molecule has 0 atom stereocenters. The van der Waals surface area contributed by atoms with Gasteiger partial charge in [-0.2, -0.15) is 0 Å². The maximum absolute atomic E-state index is 6.51. The molecule has 0 aliphatic carbocycles. The molecule has 2 heterocycles. The van der Waals surface area contributed by atoms with E-state index in [9.17, 15) is 0 Å². The van der Waals surface area contributed by atoms with Crippen molar-refractivity contribution in [1.29, 1.82) is 0 Å². The molecule has 222 valence electrons. The molecule has 1 fully saturated rings. The Labute approximate surface area is 251 Å². The summed E-state index contributed by atoms with van der Waals surface area (Å²) in [5, 5.41) is 4.17. The van der Waals surface area contributed by atoms with Crippen LogP contribution in [0.15, 0.2) is 93.4 Å². The van der Waals surface area contributed by atoms with Crippen molar-refractivity contribution in [1.82, 2.24) is 15.2 Å². The van der Waals surface area contributed by atoms with Gasteiger partial charge in [0.15, 0.2) is 0 Å². The number of unbranched alkanes of at least 4 members (excludes halogenated alkanes) is 1. The molecule has 5 heteroatoms. The van der Waals surface area contributed by atoms with Crippen LogP contribution in [0.1, 0.15) is 85.9 Å². The van der Waals surface area contributed by atoms with Crippen molar-refractivity contribution in [3.05, 3.63) is 99.7 Å². The molecule has 0 saturated carbocycles. The molecular formula is C35H55ClN4. The molecule has 40 heavy (non-hydrogen) atoms. The lowest BCUT2D eigenvalue weighted by Gasteiger charge is -2.31. The third-order valence-electron chi connectivity index (χ3n) is 6.39. The number of nitrogens with zero attached hydrogens (tertiary/aromatic N) is 3. The second-order valence-corrected chi connectivity index (χ2v) is 10.3. The SMILES string of the molecule is C.CC/C=C/C=C(Cl)\C=C(C)\C(=C\CCC)C(=N/C=C/CC)/C(C)=C(\C)N1CCNCC1.Cc1ccc(C)nc1. The molecule has 0 amide bonds. The monoisotopic (exact) mass is 566 g/mol. The van der Waals surface area contributed by atoms with Gasteiger partial charge in [0.1, 0.15) is 0 Å². The number of rotatable bonds is 11. The highest BCUT2D eigenvalue weighted by Gasteiger charge is 2.18. The zero-order valence-corrected chi connectivity index (χ0v) is 26.4. The first kappa shape index (κ1) is 37.3. The topological polar surface area (TPSA) is 40.5 Å². The molecule has 1 aliphatic heterocycles. The number of hydrogen-bond donors (Lipinski definition) is 1. The molecule has 4 nitrogen and oxygen atoms in total. The van der Waals surface area contributed by atoms with E-state index in [1.807, 2.05) is 44.5 Å². The Morgan fingerprint density at radius 3 is 2.27 bits per heavy atom. The largest absolute Gasteiger partial charge is 0.372 e. The maximum Gasteiger partial charge on any atom is 0.0747 e. The molecule has 0 radical (unpaired) electrons. The summed E-state index contributed by atoms with van der Waals surface area (Å²) in [6, 6.07) is 4.07. The fourth-order valence-corrected chi connectivity index (χ4v) is 4.15. The fourth-order valence-electron chi connectivity index (χ4n) is 3.91. The normalized spacial score (nSPS) is 16.1. The van der Waals surface area contributed by atoms with Gasteiger partial charge in [-0.05, 0) is 94.4 Å². The quantitative estimate of drug-likeness (QED) is 0.214. The molecule has 0 bridgehead atoms. The summed E-state index contributed by atoms with van der Waals surface area (Å²) in [7, 11) is 0. The Morgan fingerprint density at radius 1 is 1.05 bits per heavy atom. The van der Waals surface area contributed by atoms with Crippen LogP contribution < -0.4 is 5.32 Å². The lowest BCUT2D eigenvalue weighted by Crippen LogP contribution is -2.42. The third-order valence-corrected chi connectivity index (χ3v) is 6.63. The summed E-state index contributed by atoms with van der Waals surface area (Å²) >= 11 is 6.51. The van der Waals surface area contributed by atoms with Crippen LogP contribution in [-0.2, 0) is 0 Å². The summed E-state index contributed by atoms with van der Waals surface area (Å²) in [5.41, 5.74) is 8.16. The maximum atomic E-state index is 6.51. The fraction of sp³-hybridized carbons (Fsp3) is 0.486. The number of pyridine rings is 1. The predicted octanol–water partition coefficient (Wildman–Crippen LogP) is 9.65. The minimum atomic E-state index is 0. The Balaban J connectivity index is 0.00000144. The zero-order chi connectivity index (χ0) is 29.0. The van der Waals surface area contributed by atoms with Crippen LogP contribution in [0, 0.1) is 13.8 Å². The van der Waals surface area contributed by atoms with Gasteiger partial charge in [0.05, 0.1) is 5.71 Å². The predicted molar refractivity (Wildman–Crippen MR) is 180 cm³/mol. The number of aryl methyl sites for hydroxylation is 2. The van der Waals surface area contributed by atoms with E-state index in [2.05, 4.69) is 87.1 Å². The van der Waals surface area contributed by atoms with Crippen LogP contribution in [0.2, 0.25) is 0 Å². The number of hydrogen-bond acceptors (Lipinski definition) is 4. The van der Waals surface area contributed by atoms with Gasteiger partial charge in [-0.1, -0.05) is 76.6 Å². The minimum Gasteiger partial charge on any atom is -0.372 e. The second kappa shape index (κ2) is 22.1. The van der Waals surface area contributed by atoms with Gasteiger partial charge in [-0.3, -0.25) is 9.98 Å². The van der Waals surface area contributed by atoms with Crippen molar-refractivity contribution in [3.63, 3.8) is 0 Å². The van der Waals surface area contributed by atoms with Gasteiger partial charge in [0.2, 0.25) is 0 Å². The summed E-state index contributed by atoms with van der Waals surface area (Å²) in [4.78, 5) is 11.5. The zero-order valence-electron chi connectivity index (χ0n) is 25.6. The van der Waals surface area contributed by atoms with Crippen molar-refractivity contribution in [2.75, 3.05) is 26.2 Å². The summed E-state index contributed by atoms with van der Waals surface area (Å²) < 4.78 is 0. The summed E-state index contributed by atoms with van der Waals surface area (Å²) in [6.07, 6.45) is 20.4. The van der Waals surface area contributed by atoms with Gasteiger partial charge >= 0.3 is 0 Å². The molecule has 1 aliphatic rings. The lowest BCUT2D eigenvalue weighted by atomic mass is 9.94. The first-order valence-corrected chi connectivity index (χ1v) is 14.8. The molecule has 0 unspecified atom stereocenters. The van der Waals surface area contributed by atoms with E-state index in [1.54, 1.807) is 0 Å². The minimum absolute atomic E-state index is 0. The highest BCUT2D eigenvalue weighted by molar-refractivity contribution is 6.31. The third kappa shape index (κ3) is 14.6. The molecular weight excluding hydrogens is 512 g/mol. The average Bonchev–Trinajstić information content (AvgIpc) is 2.94. The van der Waals surface area contributed by atoms with Crippen LogP contribution in [0.25, 0.3) is 0 Å². The lowest BCUT2D eigenvalue weighted by molar-refractivity contribution is 0.298. The first-order chi connectivity index (χ1) is 18.7. The first-order valence-electron chi connectivity index (χ1n) is 14.4. The molecule has 1 saturated heterocycles. The second-order valence-electron chi connectivity index (χ2n) is 9.82. The molecule has 1 aromatic heterocycles. The molecule has 2 rings (SSSR count). The standard InChI is InChI=1S/C27H42ClN3.C7H9N.CH4/c1-7-10-13-14-25(28)21-22(4)26(15-11-8-2)27(30-16-12-9-3)23(5)24(6)31-19-17-29-18-20-31;1-6-3-4-7(2)8-5-6;/h10,12-16,21,29H,7-9,11,17-20H2,1-6H3;3-5H,1-2H3;1H4/b13-10+,16-12+,22-21+,24-23+,25-14+,26-15-,30-27+;;. The number of piperazine rings is 1. The van der Waals surface area contributed by atoms with Crippen LogP contribution in [-0.4, -0.2) is 41.8 Å². The van der Waals surface area contributed by atoms with Gasteiger partial charge in [-0.15, -0.1) is 0 Å². The van der Waals surface area contributed by atoms with Crippen molar-refractivity contribution < 1.29 is 0 Å². The Morgan fingerprint density at radius 2 is 1.73 bits per heavy atom. The Kier molecular flexibility index (Phi) is 20.6. The number of aliphatic imine (C=N–C) groups is 1. The van der Waals surface area contributed by atoms with E-state index in [0.717, 1.165) is 73.9 Å². The summed E-state index contributed by atoms with van der Waals surface area (Å²) in [5.74, 6) is 0. The van der Waals surface area contributed by atoms with E-state index in [0.29, 0.717) is 0 Å². The Bertz CT molecular complexity index is 1040. The van der Waals surface area contributed by atoms with Gasteiger partial charge in [0, 0.05) is 55.0 Å². The summed E-state index contributed by atoms with van der Waals surface area (Å²) in [6.45, 7) is 21.1. The number of nitrogens with one attached hydrogen (secondary N) is 1. The Hall–Kier alpha value is -2.69. The van der Waals surface area contributed by atoms with E-state index in [1.165, 1.54) is 22.4 Å². The highest BCUT2D eigenvalue weighted by Crippen LogP contribution is 2.24. The number of halogens is 1. The molecule has 1 aromatic rings. The number of allylic oxidation sites excluding steroid dienone is 11. The van der Waals surface area contributed by atoms with E-state index in [-0.39, 0.29) is 7.43 Å². The van der Waals surface area contributed by atoms with Crippen molar-refractivity contribution in [2.24, 2.45) is 4.99 Å². The highest BCUT2D eigenvalue weighted by atomic mass is 35.5. The van der Waals surface area contributed by atoms with E-state index < -0.39 is 0 Å². The molecule has 1 N–H and O–H groups in total. The molecule has 0 aromatic carbocycles. The van der Waals surface area contributed by atoms with Crippen molar-refractivity contribution in [2.45, 2.75) is 88.5 Å². The smallest absolute Gasteiger partial charge is 0.0747 e. The average molecular weight is 567 g/mol. The van der Waals surface area contributed by atoms with Crippen LogP contribution in [0.5, 0.6) is 0 Å².